The average molecular weight is 239 g/mol. The van der Waals surface area contributed by atoms with Crippen LogP contribution in [0.4, 0.5) is 0 Å². The van der Waals surface area contributed by atoms with Crippen molar-refractivity contribution in [1.82, 2.24) is 0 Å². The molecule has 0 atom stereocenters. The second-order valence-corrected chi connectivity index (χ2v) is 3.98. The van der Waals surface area contributed by atoms with E-state index in [-0.39, 0.29) is 20.1 Å². The summed E-state index contributed by atoms with van der Waals surface area (Å²) in [6.07, 6.45) is 0. The van der Waals surface area contributed by atoms with Crippen molar-refractivity contribution in [1.29, 1.82) is 0 Å². The standard InChI is InChI=1S/C6H5ClI/c7-8-6-4-2-1-3-5-6/h1-5H/q-1. The summed E-state index contributed by atoms with van der Waals surface area (Å²) in [4.78, 5) is 0. The zero-order valence-corrected chi connectivity index (χ0v) is 7.06. The molecule has 2 heteroatoms. The van der Waals surface area contributed by atoms with E-state index in [1.807, 2.05) is 18.2 Å². The molecule has 0 spiro atoms. The van der Waals surface area contributed by atoms with E-state index in [9.17, 15) is 0 Å². The van der Waals surface area contributed by atoms with E-state index in [2.05, 4.69) is 12.1 Å². The van der Waals surface area contributed by atoms with Crippen LogP contribution in [0.25, 0.3) is 0 Å². The van der Waals surface area contributed by atoms with Crippen LogP contribution in [-0.2, 0) is 0 Å². The van der Waals surface area contributed by atoms with E-state index in [0.29, 0.717) is 0 Å². The average Bonchev–Trinajstić information content (AvgIpc) is 1.90. The summed E-state index contributed by atoms with van der Waals surface area (Å²) in [5.74, 6) is 0. The van der Waals surface area contributed by atoms with Crippen molar-refractivity contribution in [2.24, 2.45) is 0 Å². The maximum atomic E-state index is 5.64. The third-order valence-corrected chi connectivity index (χ3v) is 3.11. The molecule has 0 amide bonds. The normalized spacial score (nSPS) is 9.62. The molecule has 1 aromatic carbocycles. The first-order chi connectivity index (χ1) is 3.93. The predicted octanol–water partition coefficient (Wildman–Crippen LogP) is -0.901. The fourth-order valence-electron chi connectivity index (χ4n) is 0.462. The summed E-state index contributed by atoms with van der Waals surface area (Å²) in [5.41, 5.74) is 0. The molecular formula is C6H5ClI-. The fourth-order valence-corrected chi connectivity index (χ4v) is 1.79. The Labute approximate surface area is 62.8 Å². The summed E-state index contributed by atoms with van der Waals surface area (Å²) in [5, 5.41) is 0. The van der Waals surface area contributed by atoms with Crippen molar-refractivity contribution in [3.8, 4) is 0 Å². The SMILES string of the molecule is Cl[I-]c1ccccc1. The van der Waals surface area contributed by atoms with Crippen LogP contribution in [0.2, 0.25) is 0 Å². The monoisotopic (exact) mass is 239 g/mol. The molecule has 1 aromatic rings. The molecule has 0 fully saturated rings. The van der Waals surface area contributed by atoms with Crippen LogP contribution in [0.15, 0.2) is 30.3 Å². The van der Waals surface area contributed by atoms with Gasteiger partial charge in [-0.15, -0.1) is 0 Å². The zero-order chi connectivity index (χ0) is 5.82. The Morgan fingerprint density at radius 2 is 1.75 bits per heavy atom. The molecule has 1 rings (SSSR count). The molecule has 0 aliphatic heterocycles. The Bertz CT molecular complexity index is 150. The Hall–Kier alpha value is 0.240. The van der Waals surface area contributed by atoms with Crippen LogP contribution in [0.5, 0.6) is 0 Å². The summed E-state index contributed by atoms with van der Waals surface area (Å²) >= 11 is -0.218. The van der Waals surface area contributed by atoms with Crippen LogP contribution in [0.3, 0.4) is 0 Å². The van der Waals surface area contributed by atoms with Gasteiger partial charge in [-0.05, 0) is 0 Å². The zero-order valence-electron chi connectivity index (χ0n) is 4.14. The molecule has 0 heterocycles. The van der Waals surface area contributed by atoms with E-state index >= 15 is 0 Å². The van der Waals surface area contributed by atoms with Gasteiger partial charge in [0.15, 0.2) is 0 Å². The third-order valence-electron chi connectivity index (χ3n) is 0.816. The van der Waals surface area contributed by atoms with Gasteiger partial charge in [0.05, 0.1) is 0 Å². The van der Waals surface area contributed by atoms with Crippen molar-refractivity contribution >= 4 is 8.91 Å². The minimum absolute atomic E-state index is 0.218. The van der Waals surface area contributed by atoms with Gasteiger partial charge >= 0.3 is 62.9 Å². The van der Waals surface area contributed by atoms with Gasteiger partial charge in [-0.3, -0.25) is 0 Å². The number of hydrogen-bond acceptors (Lipinski definition) is 0. The molecule has 0 aliphatic carbocycles. The molecule has 0 N–H and O–H groups in total. The summed E-state index contributed by atoms with van der Waals surface area (Å²) in [6, 6.07) is 10.1. The van der Waals surface area contributed by atoms with E-state index in [1.165, 1.54) is 3.57 Å². The molecule has 0 bridgehead atoms. The second kappa shape index (κ2) is 3.30. The molecular weight excluding hydrogens is 234 g/mol. The maximum absolute atomic E-state index is 5.64. The van der Waals surface area contributed by atoms with Gasteiger partial charge in [-0.25, -0.2) is 0 Å². The van der Waals surface area contributed by atoms with Gasteiger partial charge < -0.3 is 0 Å². The van der Waals surface area contributed by atoms with Gasteiger partial charge in [0.2, 0.25) is 0 Å². The first-order valence-electron chi connectivity index (χ1n) is 2.24. The molecule has 0 aromatic heterocycles. The number of halogens is 2. The first-order valence-corrected chi connectivity index (χ1v) is 6.05. The molecule has 0 saturated heterocycles. The summed E-state index contributed by atoms with van der Waals surface area (Å²) < 4.78 is 1.29. The van der Waals surface area contributed by atoms with Gasteiger partial charge in [-0.2, -0.15) is 0 Å². The second-order valence-electron chi connectivity index (χ2n) is 1.37. The van der Waals surface area contributed by atoms with Gasteiger partial charge in [0, 0.05) is 0 Å². The number of hydrogen-bond donors (Lipinski definition) is 0. The van der Waals surface area contributed by atoms with Crippen molar-refractivity contribution in [2.45, 2.75) is 0 Å². The minimum atomic E-state index is -0.218. The predicted molar refractivity (Wildman–Crippen MR) is 31.0 cm³/mol. The van der Waals surface area contributed by atoms with Crippen molar-refractivity contribution in [3.63, 3.8) is 0 Å². The topological polar surface area (TPSA) is 0 Å². The Morgan fingerprint density at radius 3 is 2.12 bits per heavy atom. The van der Waals surface area contributed by atoms with Crippen LogP contribution in [-0.4, -0.2) is 0 Å². The van der Waals surface area contributed by atoms with Crippen LogP contribution >= 0.6 is 8.91 Å². The van der Waals surface area contributed by atoms with Crippen molar-refractivity contribution in [2.75, 3.05) is 0 Å². The molecule has 8 heavy (non-hydrogen) atoms. The van der Waals surface area contributed by atoms with Gasteiger partial charge in [0.1, 0.15) is 0 Å². The summed E-state index contributed by atoms with van der Waals surface area (Å²) in [7, 11) is 5.64. The molecule has 0 radical (unpaired) electrons. The first kappa shape index (κ1) is 6.36. The van der Waals surface area contributed by atoms with E-state index in [1.54, 1.807) is 0 Å². The Balaban J connectivity index is 2.83. The van der Waals surface area contributed by atoms with E-state index in [0.717, 1.165) is 0 Å². The van der Waals surface area contributed by atoms with E-state index < -0.39 is 0 Å². The third kappa shape index (κ3) is 1.63. The quantitative estimate of drug-likeness (QED) is 0.557. The number of rotatable bonds is 1. The number of benzene rings is 1. The molecule has 0 saturated carbocycles. The molecule has 44 valence electrons. The van der Waals surface area contributed by atoms with Crippen molar-refractivity contribution in [3.05, 3.63) is 33.9 Å². The molecule has 0 unspecified atom stereocenters. The Morgan fingerprint density at radius 1 is 1.12 bits per heavy atom. The van der Waals surface area contributed by atoms with E-state index in [4.69, 9.17) is 8.91 Å². The summed E-state index contributed by atoms with van der Waals surface area (Å²) in [6.45, 7) is 0. The van der Waals surface area contributed by atoms with Crippen LogP contribution in [0.1, 0.15) is 0 Å². The molecule has 0 nitrogen and oxygen atoms in total. The fraction of sp³-hybridized carbons (Fsp3) is 0. The van der Waals surface area contributed by atoms with Gasteiger partial charge in [-0.1, -0.05) is 0 Å². The van der Waals surface area contributed by atoms with Crippen LogP contribution in [0, 0.1) is 3.57 Å². The van der Waals surface area contributed by atoms with Crippen LogP contribution < -0.4 is 20.1 Å². The van der Waals surface area contributed by atoms with Gasteiger partial charge in [0.25, 0.3) is 0 Å². The molecule has 0 aliphatic rings. The Kier molecular flexibility index (Phi) is 2.63. The van der Waals surface area contributed by atoms with Crippen molar-refractivity contribution < 1.29 is 20.1 Å².